The van der Waals surface area contributed by atoms with Crippen molar-refractivity contribution < 1.29 is 18.0 Å². The average Bonchev–Trinajstić information content (AvgIpc) is 2.15. The van der Waals surface area contributed by atoms with Gasteiger partial charge in [-0.1, -0.05) is 11.6 Å². The summed E-state index contributed by atoms with van der Waals surface area (Å²) in [4.78, 5) is 11.3. The first-order chi connectivity index (χ1) is 6.82. The van der Waals surface area contributed by atoms with Gasteiger partial charge in [-0.15, -0.1) is 0 Å². The van der Waals surface area contributed by atoms with Gasteiger partial charge in [0.15, 0.2) is 5.78 Å². The molecule has 0 aliphatic carbocycles. The minimum absolute atomic E-state index is 0.0178. The predicted molar refractivity (Wildman–Crippen MR) is 51.0 cm³/mol. The summed E-state index contributed by atoms with van der Waals surface area (Å²) < 4.78 is 36.7. The van der Waals surface area contributed by atoms with Crippen molar-refractivity contribution in [1.29, 1.82) is 0 Å². The van der Waals surface area contributed by atoms with Gasteiger partial charge in [-0.3, -0.25) is 4.79 Å². The molecular weight excluding hydrogens is 229 g/mol. The molecule has 0 heterocycles. The third-order valence-electron chi connectivity index (χ3n) is 2.01. The maximum absolute atomic E-state index is 12.2. The van der Waals surface area contributed by atoms with E-state index in [0.717, 1.165) is 6.92 Å². The molecule has 0 bridgehead atoms. The molecule has 1 rings (SSSR count). The maximum Gasteiger partial charge on any atom is 0.398 e. The summed E-state index contributed by atoms with van der Waals surface area (Å²) in [6.07, 6.45) is -4.50. The topological polar surface area (TPSA) is 17.1 Å². The standard InChI is InChI=1S/C10H8ClF3O/c1-6(10(12,13)14)9(15)7-2-4-8(11)5-3-7/h2-6H,1H3. The molecule has 1 aromatic rings. The summed E-state index contributed by atoms with van der Waals surface area (Å²) >= 11 is 5.55. The molecule has 0 aromatic heterocycles. The molecular formula is C10H8ClF3O. The lowest BCUT2D eigenvalue weighted by Gasteiger charge is -2.14. The molecule has 0 fully saturated rings. The zero-order chi connectivity index (χ0) is 11.6. The Morgan fingerprint density at radius 2 is 1.73 bits per heavy atom. The Bertz CT molecular complexity index is 356. The average molecular weight is 237 g/mol. The van der Waals surface area contributed by atoms with Crippen molar-refractivity contribution in [2.24, 2.45) is 5.92 Å². The Morgan fingerprint density at radius 1 is 1.27 bits per heavy atom. The van der Waals surface area contributed by atoms with E-state index < -0.39 is 17.9 Å². The lowest BCUT2D eigenvalue weighted by atomic mass is 9.99. The quantitative estimate of drug-likeness (QED) is 0.716. The number of carbonyl (C=O) groups is 1. The molecule has 0 aliphatic heterocycles. The van der Waals surface area contributed by atoms with E-state index in [9.17, 15) is 18.0 Å². The van der Waals surface area contributed by atoms with Crippen molar-refractivity contribution in [3.05, 3.63) is 34.9 Å². The molecule has 82 valence electrons. The first-order valence-corrected chi connectivity index (χ1v) is 4.56. The highest BCUT2D eigenvalue weighted by Crippen LogP contribution is 2.28. The molecule has 0 N–H and O–H groups in total. The van der Waals surface area contributed by atoms with Crippen LogP contribution >= 0.6 is 11.6 Å². The molecule has 0 saturated heterocycles. The molecule has 0 saturated carbocycles. The number of rotatable bonds is 2. The SMILES string of the molecule is CC(C(=O)c1ccc(Cl)cc1)C(F)(F)F. The van der Waals surface area contributed by atoms with Gasteiger partial charge in [-0.05, 0) is 31.2 Å². The van der Waals surface area contributed by atoms with Crippen LogP contribution in [0.2, 0.25) is 5.02 Å². The third-order valence-corrected chi connectivity index (χ3v) is 2.26. The van der Waals surface area contributed by atoms with Crippen LogP contribution in [-0.4, -0.2) is 12.0 Å². The fraction of sp³-hybridized carbons (Fsp3) is 0.300. The number of carbonyl (C=O) groups excluding carboxylic acids is 1. The molecule has 0 radical (unpaired) electrons. The molecule has 1 unspecified atom stereocenters. The Labute approximate surface area is 89.9 Å². The lowest BCUT2D eigenvalue weighted by Crippen LogP contribution is -2.27. The van der Waals surface area contributed by atoms with Crippen molar-refractivity contribution in [3.63, 3.8) is 0 Å². The second-order valence-electron chi connectivity index (χ2n) is 3.13. The minimum Gasteiger partial charge on any atom is -0.294 e. The van der Waals surface area contributed by atoms with Crippen LogP contribution in [0.1, 0.15) is 17.3 Å². The van der Waals surface area contributed by atoms with Gasteiger partial charge in [0, 0.05) is 10.6 Å². The summed E-state index contributed by atoms with van der Waals surface area (Å²) in [6.45, 7) is 0.844. The molecule has 1 atom stereocenters. The van der Waals surface area contributed by atoms with Gasteiger partial charge in [0.2, 0.25) is 0 Å². The number of halogens is 4. The molecule has 0 spiro atoms. The van der Waals surface area contributed by atoms with Crippen LogP contribution in [0.25, 0.3) is 0 Å². The summed E-state index contributed by atoms with van der Waals surface area (Å²) in [5, 5.41) is 0.381. The van der Waals surface area contributed by atoms with Crippen LogP contribution in [-0.2, 0) is 0 Å². The normalized spacial score (nSPS) is 13.7. The van der Waals surface area contributed by atoms with Gasteiger partial charge >= 0.3 is 6.18 Å². The zero-order valence-corrected chi connectivity index (χ0v) is 8.56. The lowest BCUT2D eigenvalue weighted by molar-refractivity contribution is -0.155. The van der Waals surface area contributed by atoms with Gasteiger partial charge in [0.05, 0.1) is 0 Å². The van der Waals surface area contributed by atoms with Gasteiger partial charge in [0.25, 0.3) is 0 Å². The molecule has 0 aliphatic rings. The maximum atomic E-state index is 12.2. The number of hydrogen-bond acceptors (Lipinski definition) is 1. The zero-order valence-electron chi connectivity index (χ0n) is 7.81. The minimum atomic E-state index is -4.50. The van der Waals surface area contributed by atoms with Crippen LogP contribution in [0.15, 0.2) is 24.3 Å². The van der Waals surface area contributed by atoms with E-state index in [0.29, 0.717) is 5.02 Å². The predicted octanol–water partition coefficient (Wildman–Crippen LogP) is 3.72. The van der Waals surface area contributed by atoms with Gasteiger partial charge in [0.1, 0.15) is 5.92 Å². The molecule has 1 nitrogen and oxygen atoms in total. The van der Waals surface area contributed by atoms with E-state index in [2.05, 4.69) is 0 Å². The van der Waals surface area contributed by atoms with E-state index in [1.807, 2.05) is 0 Å². The summed E-state index contributed by atoms with van der Waals surface area (Å²) in [6, 6.07) is 5.34. The monoisotopic (exact) mass is 236 g/mol. The second kappa shape index (κ2) is 4.23. The van der Waals surface area contributed by atoms with Crippen LogP contribution in [0.4, 0.5) is 13.2 Å². The molecule has 5 heteroatoms. The highest BCUT2D eigenvalue weighted by molar-refractivity contribution is 6.30. The van der Waals surface area contributed by atoms with Crippen LogP contribution in [0, 0.1) is 5.92 Å². The number of ketones is 1. The summed E-state index contributed by atoms with van der Waals surface area (Å²) in [5.41, 5.74) is 0.0178. The van der Waals surface area contributed by atoms with Crippen molar-refractivity contribution in [3.8, 4) is 0 Å². The van der Waals surface area contributed by atoms with Crippen molar-refractivity contribution in [2.75, 3.05) is 0 Å². The highest BCUT2D eigenvalue weighted by atomic mass is 35.5. The first-order valence-electron chi connectivity index (χ1n) is 4.19. The first kappa shape index (κ1) is 12.0. The van der Waals surface area contributed by atoms with Crippen molar-refractivity contribution in [1.82, 2.24) is 0 Å². The number of hydrogen-bond donors (Lipinski definition) is 0. The van der Waals surface area contributed by atoms with E-state index in [1.54, 1.807) is 0 Å². The van der Waals surface area contributed by atoms with Crippen LogP contribution in [0.3, 0.4) is 0 Å². The van der Waals surface area contributed by atoms with Gasteiger partial charge in [-0.2, -0.15) is 13.2 Å². The van der Waals surface area contributed by atoms with Crippen molar-refractivity contribution in [2.45, 2.75) is 13.1 Å². The summed E-state index contributed by atoms with van der Waals surface area (Å²) in [7, 11) is 0. The van der Waals surface area contributed by atoms with Gasteiger partial charge in [-0.25, -0.2) is 0 Å². The largest absolute Gasteiger partial charge is 0.398 e. The number of alkyl halides is 3. The van der Waals surface area contributed by atoms with E-state index in [1.165, 1.54) is 24.3 Å². The number of benzene rings is 1. The van der Waals surface area contributed by atoms with E-state index in [-0.39, 0.29) is 5.56 Å². The third kappa shape index (κ3) is 2.96. The Morgan fingerprint density at radius 3 is 2.13 bits per heavy atom. The van der Waals surface area contributed by atoms with Crippen LogP contribution in [0.5, 0.6) is 0 Å². The molecule has 0 amide bonds. The smallest absolute Gasteiger partial charge is 0.294 e. The number of Topliss-reactive ketones (excluding diaryl/α,β-unsaturated/α-hetero) is 1. The summed E-state index contributed by atoms with van der Waals surface area (Å²) in [5.74, 6) is -2.93. The fourth-order valence-electron chi connectivity index (χ4n) is 1.01. The van der Waals surface area contributed by atoms with Crippen molar-refractivity contribution >= 4 is 17.4 Å². The van der Waals surface area contributed by atoms with Gasteiger partial charge < -0.3 is 0 Å². The Kier molecular flexibility index (Phi) is 3.39. The Balaban J connectivity index is 2.90. The van der Waals surface area contributed by atoms with E-state index >= 15 is 0 Å². The highest BCUT2D eigenvalue weighted by Gasteiger charge is 2.41. The molecule has 15 heavy (non-hydrogen) atoms. The molecule has 1 aromatic carbocycles. The van der Waals surface area contributed by atoms with Crippen LogP contribution < -0.4 is 0 Å². The van der Waals surface area contributed by atoms with E-state index in [4.69, 9.17) is 11.6 Å². The fourth-order valence-corrected chi connectivity index (χ4v) is 1.14. The Hall–Kier alpha value is -1.03. The second-order valence-corrected chi connectivity index (χ2v) is 3.57.